The van der Waals surface area contributed by atoms with Gasteiger partial charge in [0, 0.05) is 20.6 Å². The van der Waals surface area contributed by atoms with Crippen molar-refractivity contribution >= 4 is 27.3 Å². The Bertz CT molecular complexity index is 792. The molecule has 0 fully saturated rings. The van der Waals surface area contributed by atoms with Crippen LogP contribution in [0.25, 0.3) is 10.4 Å². The highest BCUT2D eigenvalue weighted by Crippen LogP contribution is 2.32. The van der Waals surface area contributed by atoms with Gasteiger partial charge in [-0.2, -0.15) is 0 Å². The number of hydrogen-bond acceptors (Lipinski definition) is 2. The molecule has 0 aliphatic rings. The van der Waals surface area contributed by atoms with Crippen molar-refractivity contribution in [1.82, 2.24) is 0 Å². The van der Waals surface area contributed by atoms with E-state index in [9.17, 15) is 0 Å². The van der Waals surface area contributed by atoms with Crippen molar-refractivity contribution < 1.29 is 4.74 Å². The first-order valence-corrected chi connectivity index (χ1v) is 8.75. The van der Waals surface area contributed by atoms with Gasteiger partial charge in [0.1, 0.15) is 5.75 Å². The van der Waals surface area contributed by atoms with E-state index in [0.29, 0.717) is 0 Å². The number of hydrogen-bond donors (Lipinski definition) is 0. The van der Waals surface area contributed by atoms with Crippen molar-refractivity contribution in [2.45, 2.75) is 13.3 Å². The summed E-state index contributed by atoms with van der Waals surface area (Å²) in [6, 6.07) is 19.1. The highest BCUT2D eigenvalue weighted by atomic mass is 79.9. The molecule has 0 spiro atoms. The van der Waals surface area contributed by atoms with E-state index in [4.69, 9.17) is 4.74 Å². The maximum atomic E-state index is 5.31. The van der Waals surface area contributed by atoms with Crippen LogP contribution in [0.2, 0.25) is 0 Å². The van der Waals surface area contributed by atoms with Gasteiger partial charge in [-0.3, -0.25) is 0 Å². The lowest BCUT2D eigenvalue weighted by Gasteiger charge is -2.05. The quantitative estimate of drug-likeness (QED) is 0.538. The van der Waals surface area contributed by atoms with Crippen molar-refractivity contribution in [2.75, 3.05) is 7.11 Å². The molecule has 0 aliphatic heterocycles. The van der Waals surface area contributed by atoms with Gasteiger partial charge in [0.15, 0.2) is 0 Å². The number of methoxy groups -OCH3 is 1. The van der Waals surface area contributed by atoms with E-state index in [1.807, 2.05) is 23.5 Å². The number of thiophene rings is 1. The maximum absolute atomic E-state index is 5.31. The average Bonchev–Trinajstić information content (AvgIpc) is 2.99. The van der Waals surface area contributed by atoms with Crippen LogP contribution in [0.4, 0.5) is 0 Å². The zero-order valence-electron chi connectivity index (χ0n) is 12.6. The van der Waals surface area contributed by atoms with Crippen molar-refractivity contribution in [1.29, 1.82) is 0 Å². The standard InChI is InChI=1S/C19H17BrOS/c1-13-6-7-16(20)10-15(13)12-18-8-9-19(22-18)14-4-3-5-17(11-14)21-2/h3-11H,12H2,1-2H3. The Morgan fingerprint density at radius 2 is 1.91 bits per heavy atom. The van der Waals surface area contributed by atoms with Crippen molar-refractivity contribution in [2.24, 2.45) is 0 Å². The molecule has 0 unspecified atom stereocenters. The number of benzene rings is 2. The fourth-order valence-electron chi connectivity index (χ4n) is 2.42. The maximum Gasteiger partial charge on any atom is 0.119 e. The molecule has 0 aliphatic carbocycles. The molecule has 1 nitrogen and oxygen atoms in total. The summed E-state index contributed by atoms with van der Waals surface area (Å²) in [4.78, 5) is 2.65. The van der Waals surface area contributed by atoms with Crippen LogP contribution in [0.3, 0.4) is 0 Å². The van der Waals surface area contributed by atoms with Crippen LogP contribution in [-0.2, 0) is 6.42 Å². The summed E-state index contributed by atoms with van der Waals surface area (Å²) in [7, 11) is 1.70. The second-order valence-corrected chi connectivity index (χ2v) is 7.33. The molecule has 1 heterocycles. The van der Waals surface area contributed by atoms with Crippen LogP contribution in [0, 0.1) is 6.92 Å². The Morgan fingerprint density at radius 1 is 1.05 bits per heavy atom. The molecule has 0 atom stereocenters. The van der Waals surface area contributed by atoms with Gasteiger partial charge >= 0.3 is 0 Å². The summed E-state index contributed by atoms with van der Waals surface area (Å²) >= 11 is 5.40. The number of aryl methyl sites for hydroxylation is 1. The predicted octanol–water partition coefficient (Wildman–Crippen LogP) is 6.09. The van der Waals surface area contributed by atoms with Crippen LogP contribution < -0.4 is 4.74 Å². The monoisotopic (exact) mass is 372 g/mol. The molecule has 3 rings (SSSR count). The first-order valence-electron chi connectivity index (χ1n) is 7.14. The molecule has 1 aromatic heterocycles. The van der Waals surface area contributed by atoms with Crippen LogP contribution in [-0.4, -0.2) is 7.11 Å². The van der Waals surface area contributed by atoms with Gasteiger partial charge in [-0.1, -0.05) is 34.1 Å². The molecule has 3 aromatic rings. The second-order valence-electron chi connectivity index (χ2n) is 5.25. The lowest BCUT2D eigenvalue weighted by atomic mass is 10.1. The summed E-state index contributed by atoms with van der Waals surface area (Å²) in [5, 5.41) is 0. The van der Waals surface area contributed by atoms with Crippen molar-refractivity contribution in [3.8, 4) is 16.2 Å². The minimum Gasteiger partial charge on any atom is -0.497 e. The Labute approximate surface area is 143 Å². The van der Waals surface area contributed by atoms with Crippen LogP contribution in [0.5, 0.6) is 5.75 Å². The smallest absolute Gasteiger partial charge is 0.119 e. The predicted molar refractivity (Wildman–Crippen MR) is 98.0 cm³/mol. The third-order valence-electron chi connectivity index (χ3n) is 3.69. The van der Waals surface area contributed by atoms with Crippen LogP contribution >= 0.6 is 27.3 Å². The molecule has 2 aromatic carbocycles. The summed E-state index contributed by atoms with van der Waals surface area (Å²) in [5.74, 6) is 0.898. The minimum atomic E-state index is 0.898. The molecule has 0 saturated carbocycles. The van der Waals surface area contributed by atoms with Crippen molar-refractivity contribution in [3.63, 3.8) is 0 Å². The summed E-state index contributed by atoms with van der Waals surface area (Å²) in [6.45, 7) is 2.17. The van der Waals surface area contributed by atoms with Gasteiger partial charge in [0.05, 0.1) is 7.11 Å². The molecule has 0 bridgehead atoms. The molecular formula is C19H17BrOS. The molecule has 0 N–H and O–H groups in total. The first kappa shape index (κ1) is 15.3. The normalized spacial score (nSPS) is 10.7. The topological polar surface area (TPSA) is 9.23 Å². The van der Waals surface area contributed by atoms with Gasteiger partial charge in [0.2, 0.25) is 0 Å². The van der Waals surface area contributed by atoms with E-state index in [0.717, 1.165) is 16.6 Å². The van der Waals surface area contributed by atoms with E-state index in [2.05, 4.69) is 65.3 Å². The summed E-state index contributed by atoms with van der Waals surface area (Å²) in [6.07, 6.45) is 0.972. The molecule has 0 amide bonds. The van der Waals surface area contributed by atoms with Gasteiger partial charge in [-0.25, -0.2) is 0 Å². The summed E-state index contributed by atoms with van der Waals surface area (Å²) < 4.78 is 6.44. The SMILES string of the molecule is COc1cccc(-c2ccc(Cc3cc(Br)ccc3C)s2)c1. The Morgan fingerprint density at radius 3 is 2.73 bits per heavy atom. The lowest BCUT2D eigenvalue weighted by molar-refractivity contribution is 0.415. The van der Waals surface area contributed by atoms with E-state index < -0.39 is 0 Å². The van der Waals surface area contributed by atoms with E-state index in [-0.39, 0.29) is 0 Å². The second kappa shape index (κ2) is 6.67. The third-order valence-corrected chi connectivity index (χ3v) is 5.32. The average molecular weight is 373 g/mol. The molecule has 22 heavy (non-hydrogen) atoms. The van der Waals surface area contributed by atoms with Gasteiger partial charge < -0.3 is 4.74 Å². The number of rotatable bonds is 4. The fraction of sp³-hybridized carbons (Fsp3) is 0.158. The fourth-order valence-corrected chi connectivity index (χ4v) is 3.86. The van der Waals surface area contributed by atoms with Crippen LogP contribution in [0.15, 0.2) is 59.1 Å². The lowest BCUT2D eigenvalue weighted by Crippen LogP contribution is -1.89. The number of ether oxygens (including phenoxy) is 1. The molecular weight excluding hydrogens is 356 g/mol. The Balaban J connectivity index is 1.86. The van der Waals surface area contributed by atoms with E-state index in [1.165, 1.54) is 26.4 Å². The third kappa shape index (κ3) is 3.42. The minimum absolute atomic E-state index is 0.898. The highest BCUT2D eigenvalue weighted by Gasteiger charge is 2.07. The van der Waals surface area contributed by atoms with E-state index >= 15 is 0 Å². The Hall–Kier alpha value is -1.58. The Kier molecular flexibility index (Phi) is 4.65. The highest BCUT2D eigenvalue weighted by molar-refractivity contribution is 9.10. The zero-order valence-corrected chi connectivity index (χ0v) is 15.0. The van der Waals surface area contributed by atoms with E-state index in [1.54, 1.807) is 7.11 Å². The summed E-state index contributed by atoms with van der Waals surface area (Å²) in [5.41, 5.74) is 3.91. The molecule has 112 valence electrons. The zero-order chi connectivity index (χ0) is 15.5. The van der Waals surface area contributed by atoms with Crippen molar-refractivity contribution in [3.05, 3.63) is 75.1 Å². The van der Waals surface area contributed by atoms with Gasteiger partial charge in [-0.15, -0.1) is 11.3 Å². The molecule has 0 saturated heterocycles. The van der Waals surface area contributed by atoms with Gasteiger partial charge in [-0.05, 0) is 60.0 Å². The first-order chi connectivity index (χ1) is 10.7. The molecule has 0 radical (unpaired) electrons. The van der Waals surface area contributed by atoms with Gasteiger partial charge in [0.25, 0.3) is 0 Å². The van der Waals surface area contributed by atoms with Crippen LogP contribution in [0.1, 0.15) is 16.0 Å². The molecule has 3 heteroatoms. The largest absolute Gasteiger partial charge is 0.497 e. The number of halogens is 1.